The molecule has 0 radical (unpaired) electrons. The van der Waals surface area contributed by atoms with Crippen LogP contribution in [-0.4, -0.2) is 27.4 Å². The first-order chi connectivity index (χ1) is 9.54. The Morgan fingerprint density at radius 2 is 2.20 bits per heavy atom. The first-order valence-corrected chi connectivity index (χ1v) is 6.87. The highest BCUT2D eigenvalue weighted by Gasteiger charge is 2.08. The fraction of sp³-hybridized carbons (Fsp3) is 0.467. The molecular formula is C15H22N4O. The third-order valence-corrected chi connectivity index (χ3v) is 2.99. The molecule has 2 aromatic rings. The molecule has 2 rings (SSSR count). The number of pyridine rings is 1. The van der Waals surface area contributed by atoms with Gasteiger partial charge in [-0.25, -0.2) is 0 Å². The predicted molar refractivity (Wildman–Crippen MR) is 78.7 cm³/mol. The third kappa shape index (κ3) is 4.06. The molecule has 0 saturated carbocycles. The highest BCUT2D eigenvalue weighted by atomic mass is 16.5. The molecular weight excluding hydrogens is 252 g/mol. The molecule has 0 fully saturated rings. The van der Waals surface area contributed by atoms with Gasteiger partial charge in [-0.1, -0.05) is 0 Å². The maximum absolute atomic E-state index is 5.86. The van der Waals surface area contributed by atoms with Gasteiger partial charge in [-0.05, 0) is 31.5 Å². The van der Waals surface area contributed by atoms with Gasteiger partial charge in [0.1, 0.15) is 5.75 Å². The third-order valence-electron chi connectivity index (χ3n) is 2.99. The average molecular weight is 274 g/mol. The number of nitrogens with zero attached hydrogens (tertiary/aromatic N) is 3. The molecule has 1 atom stereocenters. The zero-order valence-corrected chi connectivity index (χ0v) is 12.3. The van der Waals surface area contributed by atoms with E-state index in [1.807, 2.05) is 45.4 Å². The lowest BCUT2D eigenvalue weighted by Gasteiger charge is -2.12. The fourth-order valence-corrected chi connectivity index (χ4v) is 2.06. The van der Waals surface area contributed by atoms with Crippen LogP contribution in [-0.2, 0) is 19.9 Å². The normalized spacial score (nSPS) is 12.4. The molecule has 0 saturated heterocycles. The van der Waals surface area contributed by atoms with Crippen LogP contribution in [0.3, 0.4) is 0 Å². The lowest BCUT2D eigenvalue weighted by molar-refractivity contribution is 0.316. The lowest BCUT2D eigenvalue weighted by Crippen LogP contribution is -2.19. The van der Waals surface area contributed by atoms with E-state index in [1.165, 1.54) is 5.56 Å². The summed E-state index contributed by atoms with van der Waals surface area (Å²) in [6, 6.07) is 4.01. The van der Waals surface area contributed by atoms with Crippen LogP contribution in [0.15, 0.2) is 24.5 Å². The molecule has 0 bridgehead atoms. The van der Waals surface area contributed by atoms with Gasteiger partial charge in [0.05, 0.1) is 18.5 Å². The van der Waals surface area contributed by atoms with Crippen LogP contribution >= 0.6 is 0 Å². The van der Waals surface area contributed by atoms with Crippen LogP contribution in [0.2, 0.25) is 0 Å². The average Bonchev–Trinajstić information content (AvgIpc) is 2.77. The summed E-state index contributed by atoms with van der Waals surface area (Å²) >= 11 is 0. The van der Waals surface area contributed by atoms with E-state index in [9.17, 15) is 0 Å². The molecule has 2 aromatic heterocycles. The van der Waals surface area contributed by atoms with Crippen LogP contribution in [0.25, 0.3) is 0 Å². The van der Waals surface area contributed by atoms with Crippen LogP contribution in [0.4, 0.5) is 0 Å². The molecule has 2 heterocycles. The maximum atomic E-state index is 5.86. The van der Waals surface area contributed by atoms with Gasteiger partial charge in [0.15, 0.2) is 0 Å². The summed E-state index contributed by atoms with van der Waals surface area (Å²) in [5, 5.41) is 4.14. The second kappa shape index (κ2) is 6.52. The summed E-state index contributed by atoms with van der Waals surface area (Å²) in [7, 11) is 1.91. The van der Waals surface area contributed by atoms with Gasteiger partial charge in [0.2, 0.25) is 0 Å². The van der Waals surface area contributed by atoms with Crippen molar-refractivity contribution in [1.29, 1.82) is 0 Å². The Kier molecular flexibility index (Phi) is 4.74. The second-order valence-corrected chi connectivity index (χ2v) is 5.20. The first-order valence-electron chi connectivity index (χ1n) is 6.87. The van der Waals surface area contributed by atoms with Crippen LogP contribution < -0.4 is 10.5 Å². The zero-order chi connectivity index (χ0) is 14.5. The summed E-state index contributed by atoms with van der Waals surface area (Å²) in [4.78, 5) is 4.52. The number of nitrogens with two attached hydrogens (primary N) is 1. The highest BCUT2D eigenvalue weighted by molar-refractivity contribution is 5.30. The first kappa shape index (κ1) is 14.5. The van der Waals surface area contributed by atoms with E-state index in [0.29, 0.717) is 6.61 Å². The summed E-state index contributed by atoms with van der Waals surface area (Å²) in [5.74, 6) is 0.830. The Hall–Kier alpha value is -1.88. The number of hydrogen-bond donors (Lipinski definition) is 1. The molecule has 0 aromatic carbocycles. The van der Waals surface area contributed by atoms with Gasteiger partial charge >= 0.3 is 0 Å². The number of aromatic nitrogens is 3. The van der Waals surface area contributed by atoms with Crippen molar-refractivity contribution in [2.45, 2.75) is 32.7 Å². The largest absolute Gasteiger partial charge is 0.491 e. The number of ether oxygens (including phenoxy) is 1. The van der Waals surface area contributed by atoms with E-state index >= 15 is 0 Å². The Morgan fingerprint density at radius 3 is 2.85 bits per heavy atom. The van der Waals surface area contributed by atoms with E-state index in [0.717, 1.165) is 30.0 Å². The van der Waals surface area contributed by atoms with Crippen LogP contribution in [0, 0.1) is 6.92 Å². The van der Waals surface area contributed by atoms with Gasteiger partial charge in [0, 0.05) is 37.8 Å². The van der Waals surface area contributed by atoms with E-state index in [2.05, 4.69) is 10.1 Å². The summed E-state index contributed by atoms with van der Waals surface area (Å²) in [5.41, 5.74) is 8.95. The van der Waals surface area contributed by atoms with E-state index < -0.39 is 0 Å². The summed E-state index contributed by atoms with van der Waals surface area (Å²) in [6.07, 6.45) is 5.42. The maximum Gasteiger partial charge on any atom is 0.140 e. The Bertz CT molecular complexity index is 563. The molecule has 0 spiro atoms. The van der Waals surface area contributed by atoms with E-state index in [1.54, 1.807) is 4.68 Å². The van der Waals surface area contributed by atoms with Gasteiger partial charge in [-0.3, -0.25) is 9.67 Å². The van der Waals surface area contributed by atoms with Crippen molar-refractivity contribution in [1.82, 2.24) is 14.8 Å². The molecule has 20 heavy (non-hydrogen) atoms. The molecule has 2 N–H and O–H groups in total. The lowest BCUT2D eigenvalue weighted by atomic mass is 10.1. The zero-order valence-electron chi connectivity index (χ0n) is 12.3. The topological polar surface area (TPSA) is 66.0 Å². The standard InChI is InChI=1S/C15H22N4O/c1-11(16)8-14-15(5-4-12(2)18-14)20-7-6-13-9-17-19(3)10-13/h4-5,9-11H,6-8,16H2,1-3H3. The van der Waals surface area contributed by atoms with Gasteiger partial charge in [-0.15, -0.1) is 0 Å². The van der Waals surface area contributed by atoms with Crippen molar-refractivity contribution in [3.05, 3.63) is 41.5 Å². The van der Waals surface area contributed by atoms with Crippen LogP contribution in [0.1, 0.15) is 23.9 Å². The minimum absolute atomic E-state index is 0.0740. The van der Waals surface area contributed by atoms with Crippen molar-refractivity contribution in [3.8, 4) is 5.75 Å². The highest BCUT2D eigenvalue weighted by Crippen LogP contribution is 2.18. The molecule has 5 nitrogen and oxygen atoms in total. The molecule has 5 heteroatoms. The van der Waals surface area contributed by atoms with Crippen LogP contribution in [0.5, 0.6) is 5.75 Å². The van der Waals surface area contributed by atoms with Crippen molar-refractivity contribution in [2.75, 3.05) is 6.61 Å². The molecule has 0 amide bonds. The van der Waals surface area contributed by atoms with Crippen molar-refractivity contribution in [2.24, 2.45) is 12.8 Å². The van der Waals surface area contributed by atoms with Gasteiger partial charge < -0.3 is 10.5 Å². The Balaban J connectivity index is 1.97. The van der Waals surface area contributed by atoms with Gasteiger partial charge in [-0.2, -0.15) is 5.10 Å². The predicted octanol–water partition coefficient (Wildman–Crippen LogP) is 1.63. The monoisotopic (exact) mass is 274 g/mol. The van der Waals surface area contributed by atoms with E-state index in [-0.39, 0.29) is 6.04 Å². The smallest absolute Gasteiger partial charge is 0.140 e. The molecule has 0 aliphatic heterocycles. The molecule has 0 aliphatic rings. The minimum atomic E-state index is 0.0740. The van der Waals surface area contributed by atoms with Crippen molar-refractivity contribution in [3.63, 3.8) is 0 Å². The SMILES string of the molecule is Cc1ccc(OCCc2cnn(C)c2)c(CC(C)N)n1. The van der Waals surface area contributed by atoms with Gasteiger partial charge in [0.25, 0.3) is 0 Å². The quantitative estimate of drug-likeness (QED) is 0.869. The summed E-state index contributed by atoms with van der Waals surface area (Å²) < 4.78 is 7.65. The Morgan fingerprint density at radius 1 is 1.40 bits per heavy atom. The number of aryl methyl sites for hydroxylation is 2. The van der Waals surface area contributed by atoms with E-state index in [4.69, 9.17) is 10.5 Å². The molecule has 0 aliphatic carbocycles. The number of hydrogen-bond acceptors (Lipinski definition) is 4. The Labute approximate surface area is 119 Å². The summed E-state index contributed by atoms with van der Waals surface area (Å²) in [6.45, 7) is 4.57. The molecule has 108 valence electrons. The minimum Gasteiger partial charge on any atom is -0.491 e. The molecule has 1 unspecified atom stereocenters. The number of rotatable bonds is 6. The van der Waals surface area contributed by atoms with Crippen molar-refractivity contribution < 1.29 is 4.74 Å². The second-order valence-electron chi connectivity index (χ2n) is 5.20. The fourth-order valence-electron chi connectivity index (χ4n) is 2.06. The van der Waals surface area contributed by atoms with Crippen molar-refractivity contribution >= 4 is 0 Å².